The van der Waals surface area contributed by atoms with Crippen molar-refractivity contribution in [2.75, 3.05) is 6.61 Å². The summed E-state index contributed by atoms with van der Waals surface area (Å²) < 4.78 is 42.6. The monoisotopic (exact) mass is 196 g/mol. The van der Waals surface area contributed by atoms with E-state index in [1.165, 1.54) is 0 Å². The zero-order valence-corrected chi connectivity index (χ0v) is 6.54. The van der Waals surface area contributed by atoms with Gasteiger partial charge in [0.2, 0.25) is 12.3 Å². The van der Waals surface area contributed by atoms with Crippen LogP contribution in [-0.2, 0) is 11.2 Å². The zero-order valence-electron chi connectivity index (χ0n) is 6.54. The highest BCUT2D eigenvalue weighted by Crippen LogP contribution is 2.16. The van der Waals surface area contributed by atoms with Crippen molar-refractivity contribution in [3.63, 3.8) is 0 Å². The van der Waals surface area contributed by atoms with E-state index < -0.39 is 13.0 Å². The first-order valence-corrected chi connectivity index (χ1v) is 3.53. The third-order valence-electron chi connectivity index (χ3n) is 1.21. The van der Waals surface area contributed by atoms with E-state index in [0.29, 0.717) is 5.89 Å². The zero-order chi connectivity index (χ0) is 9.73. The summed E-state index contributed by atoms with van der Waals surface area (Å²) in [6, 6.07) is 0. The molecule has 1 heterocycles. The quantitative estimate of drug-likeness (QED) is 0.685. The molecule has 0 amide bonds. The highest BCUT2D eigenvalue weighted by molar-refractivity contribution is 4.71. The number of hydrogen-bond donors (Lipinski definition) is 0. The first kappa shape index (κ1) is 9.97. The maximum atomic E-state index is 11.4. The molecule has 0 aliphatic carbocycles. The molecule has 0 fully saturated rings. The number of nitrogens with zero attached hydrogens (tertiary/aromatic N) is 2. The molecular weight excluding hydrogens is 189 g/mol. The summed E-state index contributed by atoms with van der Waals surface area (Å²) in [6.45, 7) is -0.397. The lowest BCUT2D eigenvalue weighted by atomic mass is 10.3. The summed E-state index contributed by atoms with van der Waals surface area (Å²) in [5, 5.41) is 6.87. The molecule has 0 unspecified atom stereocenters. The van der Waals surface area contributed by atoms with Crippen LogP contribution in [0.4, 0.5) is 13.2 Å². The molecule has 0 aromatic carbocycles. The Morgan fingerprint density at radius 2 is 2.23 bits per heavy atom. The predicted octanol–water partition coefficient (Wildman–Crippen LogP) is 1.54. The van der Waals surface area contributed by atoms with E-state index >= 15 is 0 Å². The molecule has 0 saturated carbocycles. The van der Waals surface area contributed by atoms with Crippen LogP contribution in [0.15, 0.2) is 10.8 Å². The molecule has 1 aromatic heterocycles. The Kier molecular flexibility index (Phi) is 3.24. The number of rotatable bonds is 4. The van der Waals surface area contributed by atoms with Gasteiger partial charge in [-0.3, -0.25) is 4.74 Å². The fraction of sp³-hybridized carbons (Fsp3) is 0.667. The summed E-state index contributed by atoms with van der Waals surface area (Å²) in [5.74, 6) is 0.311. The first-order chi connectivity index (χ1) is 6.08. The van der Waals surface area contributed by atoms with E-state index in [0.717, 1.165) is 6.39 Å². The van der Waals surface area contributed by atoms with Crippen molar-refractivity contribution in [2.45, 2.75) is 19.2 Å². The van der Waals surface area contributed by atoms with E-state index in [1.54, 1.807) is 0 Å². The minimum atomic E-state index is -4.56. The van der Waals surface area contributed by atoms with Crippen molar-refractivity contribution in [3.8, 4) is 0 Å². The number of halogens is 3. The summed E-state index contributed by atoms with van der Waals surface area (Å²) >= 11 is 0. The summed E-state index contributed by atoms with van der Waals surface area (Å²) in [7, 11) is 0. The van der Waals surface area contributed by atoms with Gasteiger partial charge in [0.05, 0.1) is 6.61 Å². The van der Waals surface area contributed by atoms with Crippen molar-refractivity contribution in [1.82, 2.24) is 10.2 Å². The molecule has 4 nitrogen and oxygen atoms in total. The lowest BCUT2D eigenvalue weighted by Gasteiger charge is -2.05. The van der Waals surface area contributed by atoms with Crippen LogP contribution in [0.25, 0.3) is 0 Å². The van der Waals surface area contributed by atoms with E-state index in [1.807, 2.05) is 0 Å². The summed E-state index contributed by atoms with van der Waals surface area (Å²) in [6.07, 6.45) is -2.95. The van der Waals surface area contributed by atoms with E-state index in [2.05, 4.69) is 14.9 Å². The molecule has 74 valence electrons. The minimum Gasteiger partial charge on any atom is -0.428 e. The molecule has 13 heavy (non-hydrogen) atoms. The maximum Gasteiger partial charge on any atom is 0.522 e. The van der Waals surface area contributed by atoms with Crippen molar-refractivity contribution in [2.24, 2.45) is 0 Å². The van der Waals surface area contributed by atoms with Crippen LogP contribution >= 0.6 is 0 Å². The van der Waals surface area contributed by atoms with Gasteiger partial charge >= 0.3 is 6.36 Å². The van der Waals surface area contributed by atoms with Gasteiger partial charge < -0.3 is 4.42 Å². The van der Waals surface area contributed by atoms with Crippen molar-refractivity contribution < 1.29 is 22.3 Å². The number of aryl methyl sites for hydroxylation is 1. The van der Waals surface area contributed by atoms with Gasteiger partial charge in [-0.05, 0) is 6.42 Å². The molecule has 1 aromatic rings. The fourth-order valence-electron chi connectivity index (χ4n) is 0.716. The predicted molar refractivity (Wildman–Crippen MR) is 34.6 cm³/mol. The van der Waals surface area contributed by atoms with Gasteiger partial charge in [-0.1, -0.05) is 0 Å². The number of hydrogen-bond acceptors (Lipinski definition) is 4. The number of ether oxygens (including phenoxy) is 1. The molecule has 0 aliphatic rings. The molecule has 1 rings (SSSR count). The average molecular weight is 196 g/mol. The van der Waals surface area contributed by atoms with Crippen LogP contribution in [0.5, 0.6) is 0 Å². The van der Waals surface area contributed by atoms with E-state index in [-0.39, 0.29) is 12.8 Å². The smallest absolute Gasteiger partial charge is 0.428 e. The van der Waals surface area contributed by atoms with Crippen LogP contribution in [-0.4, -0.2) is 23.2 Å². The third kappa shape index (κ3) is 4.46. The normalized spacial score (nSPS) is 11.9. The molecule has 0 atom stereocenters. The van der Waals surface area contributed by atoms with Crippen molar-refractivity contribution in [1.29, 1.82) is 0 Å². The first-order valence-electron chi connectivity index (χ1n) is 3.53. The van der Waals surface area contributed by atoms with Gasteiger partial charge in [0.25, 0.3) is 0 Å². The second kappa shape index (κ2) is 4.22. The minimum absolute atomic E-state index is 0.196. The topological polar surface area (TPSA) is 48.2 Å². The highest BCUT2D eigenvalue weighted by atomic mass is 19.4. The molecular formula is C6H7F3N2O2. The van der Waals surface area contributed by atoms with E-state index in [4.69, 9.17) is 4.42 Å². The molecule has 0 bridgehead atoms. The van der Waals surface area contributed by atoms with Gasteiger partial charge in [-0.15, -0.1) is 23.4 Å². The Balaban J connectivity index is 2.09. The largest absolute Gasteiger partial charge is 0.522 e. The molecule has 7 heteroatoms. The van der Waals surface area contributed by atoms with E-state index in [9.17, 15) is 13.2 Å². The number of aromatic nitrogens is 2. The summed E-state index contributed by atoms with van der Waals surface area (Å²) in [5.41, 5.74) is 0. The highest BCUT2D eigenvalue weighted by Gasteiger charge is 2.28. The summed E-state index contributed by atoms with van der Waals surface area (Å²) in [4.78, 5) is 0. The Morgan fingerprint density at radius 3 is 2.77 bits per heavy atom. The van der Waals surface area contributed by atoms with Crippen LogP contribution in [0.3, 0.4) is 0 Å². The van der Waals surface area contributed by atoms with Gasteiger partial charge in [0.1, 0.15) is 0 Å². The SMILES string of the molecule is FC(F)(F)OCCCc1nnco1. The van der Waals surface area contributed by atoms with Crippen molar-refractivity contribution in [3.05, 3.63) is 12.3 Å². The maximum absolute atomic E-state index is 11.4. The molecule has 0 N–H and O–H groups in total. The van der Waals surface area contributed by atoms with Crippen LogP contribution in [0.1, 0.15) is 12.3 Å². The Labute approximate surface area is 71.7 Å². The molecule has 0 aliphatic heterocycles. The molecule has 0 saturated heterocycles. The van der Waals surface area contributed by atoms with Crippen LogP contribution in [0, 0.1) is 0 Å². The lowest BCUT2D eigenvalue weighted by Crippen LogP contribution is -2.14. The fourth-order valence-corrected chi connectivity index (χ4v) is 0.716. The van der Waals surface area contributed by atoms with Crippen molar-refractivity contribution >= 4 is 0 Å². The second-order valence-electron chi connectivity index (χ2n) is 2.23. The number of alkyl halides is 3. The molecule has 0 spiro atoms. The Bertz CT molecular complexity index is 235. The Morgan fingerprint density at radius 1 is 1.46 bits per heavy atom. The third-order valence-corrected chi connectivity index (χ3v) is 1.21. The molecule has 0 radical (unpaired) electrons. The second-order valence-corrected chi connectivity index (χ2v) is 2.23. The Hall–Kier alpha value is -1.11. The van der Waals surface area contributed by atoms with Gasteiger partial charge in [-0.2, -0.15) is 0 Å². The van der Waals surface area contributed by atoms with Gasteiger partial charge in [0.15, 0.2) is 0 Å². The van der Waals surface area contributed by atoms with Crippen LogP contribution in [0.2, 0.25) is 0 Å². The van der Waals surface area contributed by atoms with Crippen LogP contribution < -0.4 is 0 Å². The standard InChI is InChI=1S/C6H7F3N2O2/c7-6(8,9)13-3-1-2-5-11-10-4-12-5/h4H,1-3H2. The van der Waals surface area contributed by atoms with Gasteiger partial charge in [-0.25, -0.2) is 0 Å². The average Bonchev–Trinajstić information content (AvgIpc) is 2.48. The van der Waals surface area contributed by atoms with Gasteiger partial charge in [0, 0.05) is 6.42 Å². The lowest BCUT2D eigenvalue weighted by molar-refractivity contribution is -0.324.